The Kier molecular flexibility index (Phi) is 4.76. The van der Waals surface area contributed by atoms with Crippen LogP contribution in [0.1, 0.15) is 15.9 Å². The molecule has 1 aromatic heterocycles. The molecule has 2 N–H and O–H groups in total. The molecule has 120 valence electrons. The number of nitrogens with one attached hydrogen (secondary N) is 2. The third-order valence-corrected chi connectivity index (χ3v) is 3.33. The minimum Gasteiger partial charge on any atom is -0.365 e. The summed E-state index contributed by atoms with van der Waals surface area (Å²) in [5, 5.41) is 13.7. The molecule has 0 atom stereocenters. The van der Waals surface area contributed by atoms with Crippen LogP contribution in [-0.2, 0) is 6.54 Å². The number of benzene rings is 2. The van der Waals surface area contributed by atoms with Crippen molar-refractivity contribution in [1.29, 1.82) is 0 Å². The molecule has 0 aliphatic carbocycles. The number of halogens is 1. The molecule has 0 saturated heterocycles. The van der Waals surface area contributed by atoms with E-state index in [-0.39, 0.29) is 11.7 Å². The van der Waals surface area contributed by atoms with Crippen LogP contribution in [0, 0.1) is 5.82 Å². The van der Waals surface area contributed by atoms with E-state index in [2.05, 4.69) is 20.8 Å². The van der Waals surface area contributed by atoms with Crippen LogP contribution >= 0.6 is 0 Å². The molecule has 24 heavy (non-hydrogen) atoms. The molecule has 3 aromatic rings. The Morgan fingerprint density at radius 2 is 1.54 bits per heavy atom. The number of anilines is 2. The molecular weight excluding hydrogens is 307 g/mol. The SMILES string of the molecule is O=C(Nc1ccc(NCc2ccccc2)nn1)c1ccc(F)cc1. The van der Waals surface area contributed by atoms with Crippen molar-refractivity contribution in [2.45, 2.75) is 6.54 Å². The molecule has 0 spiro atoms. The molecule has 2 aromatic carbocycles. The van der Waals surface area contributed by atoms with Crippen molar-refractivity contribution in [3.8, 4) is 0 Å². The van der Waals surface area contributed by atoms with Crippen LogP contribution < -0.4 is 10.6 Å². The van der Waals surface area contributed by atoms with E-state index < -0.39 is 0 Å². The van der Waals surface area contributed by atoms with Gasteiger partial charge in [0.1, 0.15) is 11.6 Å². The third kappa shape index (κ3) is 4.13. The number of hydrogen-bond donors (Lipinski definition) is 2. The zero-order chi connectivity index (χ0) is 16.8. The monoisotopic (exact) mass is 322 g/mol. The predicted molar refractivity (Wildman–Crippen MR) is 90.2 cm³/mol. The fourth-order valence-electron chi connectivity index (χ4n) is 2.07. The number of carbonyl (C=O) groups is 1. The second kappa shape index (κ2) is 7.32. The lowest BCUT2D eigenvalue weighted by atomic mass is 10.2. The van der Waals surface area contributed by atoms with E-state index in [9.17, 15) is 9.18 Å². The molecule has 1 heterocycles. The van der Waals surface area contributed by atoms with E-state index in [4.69, 9.17) is 0 Å². The number of nitrogens with zero attached hydrogens (tertiary/aromatic N) is 2. The molecule has 0 aliphatic rings. The molecule has 1 amide bonds. The van der Waals surface area contributed by atoms with Crippen molar-refractivity contribution in [2.75, 3.05) is 10.6 Å². The minimum atomic E-state index is -0.389. The zero-order valence-electron chi connectivity index (χ0n) is 12.7. The molecule has 0 bridgehead atoms. The third-order valence-electron chi connectivity index (χ3n) is 3.33. The fourth-order valence-corrected chi connectivity index (χ4v) is 2.07. The highest BCUT2D eigenvalue weighted by Gasteiger charge is 2.07. The Morgan fingerprint density at radius 1 is 0.875 bits per heavy atom. The molecule has 0 fully saturated rings. The molecule has 0 aliphatic heterocycles. The van der Waals surface area contributed by atoms with Crippen LogP contribution in [0.5, 0.6) is 0 Å². The average molecular weight is 322 g/mol. The quantitative estimate of drug-likeness (QED) is 0.755. The topological polar surface area (TPSA) is 66.9 Å². The van der Waals surface area contributed by atoms with Gasteiger partial charge in [0.05, 0.1) is 0 Å². The summed E-state index contributed by atoms with van der Waals surface area (Å²) in [6.45, 7) is 0.636. The van der Waals surface area contributed by atoms with Crippen LogP contribution in [0.3, 0.4) is 0 Å². The predicted octanol–water partition coefficient (Wildman–Crippen LogP) is 3.48. The maximum absolute atomic E-state index is 12.9. The molecule has 0 unspecified atom stereocenters. The maximum atomic E-state index is 12.9. The molecule has 6 heteroatoms. The summed E-state index contributed by atoms with van der Waals surface area (Å²) in [6.07, 6.45) is 0. The largest absolute Gasteiger partial charge is 0.365 e. The maximum Gasteiger partial charge on any atom is 0.256 e. The highest BCUT2D eigenvalue weighted by atomic mass is 19.1. The van der Waals surface area contributed by atoms with Crippen LogP contribution in [0.15, 0.2) is 66.7 Å². The lowest BCUT2D eigenvalue weighted by Crippen LogP contribution is -2.13. The second-order valence-corrected chi connectivity index (χ2v) is 5.10. The summed E-state index contributed by atoms with van der Waals surface area (Å²) in [5.41, 5.74) is 1.48. The smallest absolute Gasteiger partial charge is 0.256 e. The number of rotatable bonds is 5. The van der Waals surface area contributed by atoms with Crippen molar-refractivity contribution >= 4 is 17.5 Å². The van der Waals surface area contributed by atoms with Gasteiger partial charge in [0.15, 0.2) is 5.82 Å². The summed E-state index contributed by atoms with van der Waals surface area (Å²) < 4.78 is 12.9. The van der Waals surface area contributed by atoms with Gasteiger partial charge in [-0.3, -0.25) is 4.79 Å². The van der Waals surface area contributed by atoms with Gasteiger partial charge in [0.2, 0.25) is 0 Å². The van der Waals surface area contributed by atoms with Crippen molar-refractivity contribution in [1.82, 2.24) is 10.2 Å². The number of amides is 1. The first kappa shape index (κ1) is 15.6. The Labute approximate surface area is 138 Å². The summed E-state index contributed by atoms with van der Waals surface area (Å²) in [5.74, 6) is 0.183. The summed E-state index contributed by atoms with van der Waals surface area (Å²) in [6, 6.07) is 18.6. The first-order chi connectivity index (χ1) is 11.7. The Hall–Kier alpha value is -3.28. The van der Waals surface area contributed by atoms with Gasteiger partial charge in [-0.2, -0.15) is 0 Å². The van der Waals surface area contributed by atoms with Gasteiger partial charge >= 0.3 is 0 Å². The van der Waals surface area contributed by atoms with Crippen molar-refractivity contribution in [3.05, 3.63) is 83.7 Å². The van der Waals surface area contributed by atoms with Crippen LogP contribution in [0.2, 0.25) is 0 Å². The van der Waals surface area contributed by atoms with Gasteiger partial charge in [-0.05, 0) is 42.0 Å². The first-order valence-electron chi connectivity index (χ1n) is 7.39. The van der Waals surface area contributed by atoms with Crippen LogP contribution in [0.4, 0.5) is 16.0 Å². The molecule has 3 rings (SSSR count). The van der Waals surface area contributed by atoms with E-state index >= 15 is 0 Å². The zero-order valence-corrected chi connectivity index (χ0v) is 12.7. The molecule has 5 nitrogen and oxygen atoms in total. The van der Waals surface area contributed by atoms with E-state index in [1.54, 1.807) is 12.1 Å². The molecule has 0 radical (unpaired) electrons. The van der Waals surface area contributed by atoms with Crippen molar-refractivity contribution < 1.29 is 9.18 Å². The van der Waals surface area contributed by atoms with Gasteiger partial charge in [0.25, 0.3) is 5.91 Å². The Bertz CT molecular complexity index is 805. The van der Waals surface area contributed by atoms with Crippen molar-refractivity contribution in [2.24, 2.45) is 0 Å². The van der Waals surface area contributed by atoms with E-state index in [1.165, 1.54) is 24.3 Å². The standard InChI is InChI=1S/C18H15FN4O/c19-15-8-6-14(7-9-15)18(24)21-17-11-10-16(22-23-17)20-12-13-4-2-1-3-5-13/h1-11H,12H2,(H,20,22)(H,21,23,24). The first-order valence-corrected chi connectivity index (χ1v) is 7.39. The number of carbonyl (C=O) groups excluding carboxylic acids is 1. The summed E-state index contributed by atoms with van der Waals surface area (Å²) in [7, 11) is 0. The second-order valence-electron chi connectivity index (χ2n) is 5.10. The molecule has 0 saturated carbocycles. The van der Waals surface area contributed by atoms with Crippen LogP contribution in [-0.4, -0.2) is 16.1 Å². The van der Waals surface area contributed by atoms with Crippen molar-refractivity contribution in [3.63, 3.8) is 0 Å². The lowest BCUT2D eigenvalue weighted by Gasteiger charge is -2.07. The summed E-state index contributed by atoms with van der Waals surface area (Å²) in [4.78, 5) is 12.0. The highest BCUT2D eigenvalue weighted by Crippen LogP contribution is 2.10. The highest BCUT2D eigenvalue weighted by molar-refractivity contribution is 6.03. The lowest BCUT2D eigenvalue weighted by molar-refractivity contribution is 0.102. The van der Waals surface area contributed by atoms with Gasteiger partial charge in [-0.1, -0.05) is 30.3 Å². The summed E-state index contributed by atoms with van der Waals surface area (Å²) >= 11 is 0. The van der Waals surface area contributed by atoms with E-state index in [0.717, 1.165) is 5.56 Å². The number of hydrogen-bond acceptors (Lipinski definition) is 4. The van der Waals surface area contributed by atoms with Gasteiger partial charge in [-0.25, -0.2) is 4.39 Å². The Balaban J connectivity index is 1.58. The van der Waals surface area contributed by atoms with Gasteiger partial charge < -0.3 is 10.6 Å². The normalized spacial score (nSPS) is 10.2. The van der Waals surface area contributed by atoms with Crippen LogP contribution in [0.25, 0.3) is 0 Å². The van der Waals surface area contributed by atoms with E-state index in [1.807, 2.05) is 30.3 Å². The van der Waals surface area contributed by atoms with Gasteiger partial charge in [-0.15, -0.1) is 10.2 Å². The minimum absolute atomic E-state index is 0.328. The van der Waals surface area contributed by atoms with Gasteiger partial charge in [0, 0.05) is 12.1 Å². The number of aromatic nitrogens is 2. The van der Waals surface area contributed by atoms with E-state index in [0.29, 0.717) is 23.7 Å². The fraction of sp³-hybridized carbons (Fsp3) is 0.0556. The Morgan fingerprint density at radius 3 is 2.21 bits per heavy atom. The molecular formula is C18H15FN4O. The average Bonchev–Trinajstić information content (AvgIpc) is 2.62.